The van der Waals surface area contributed by atoms with E-state index >= 15 is 0 Å². The summed E-state index contributed by atoms with van der Waals surface area (Å²) in [6, 6.07) is 3.73. The van der Waals surface area contributed by atoms with Crippen LogP contribution in [0.5, 0.6) is 0 Å². The van der Waals surface area contributed by atoms with E-state index in [0.29, 0.717) is 0 Å². The zero-order valence-electron chi connectivity index (χ0n) is 12.8. The molecular weight excluding hydrogens is 254 g/mol. The number of amides is 1. The van der Waals surface area contributed by atoms with E-state index in [4.69, 9.17) is 5.11 Å². The third-order valence-corrected chi connectivity index (χ3v) is 3.71. The number of benzene rings is 1. The number of aryl methyl sites for hydroxylation is 3. The highest BCUT2D eigenvalue weighted by atomic mass is 16.4. The third-order valence-electron chi connectivity index (χ3n) is 3.71. The van der Waals surface area contributed by atoms with E-state index in [0.717, 1.165) is 16.7 Å². The second kappa shape index (κ2) is 6.55. The van der Waals surface area contributed by atoms with Crippen molar-refractivity contribution in [2.75, 3.05) is 0 Å². The molecule has 1 rings (SSSR count). The van der Waals surface area contributed by atoms with Crippen molar-refractivity contribution in [3.8, 4) is 0 Å². The molecular formula is C16H23NO3. The number of hydrogen-bond acceptors (Lipinski definition) is 2. The van der Waals surface area contributed by atoms with Crippen molar-refractivity contribution in [1.29, 1.82) is 0 Å². The molecule has 2 N–H and O–H groups in total. The molecule has 0 aliphatic carbocycles. The molecule has 0 saturated carbocycles. The summed E-state index contributed by atoms with van der Waals surface area (Å²) in [5.74, 6) is -1.64. The van der Waals surface area contributed by atoms with E-state index in [1.54, 1.807) is 13.8 Å². The number of hydrogen-bond donors (Lipinski definition) is 2. The van der Waals surface area contributed by atoms with Crippen LogP contribution >= 0.6 is 0 Å². The van der Waals surface area contributed by atoms with Crippen LogP contribution < -0.4 is 5.32 Å². The van der Waals surface area contributed by atoms with Crippen LogP contribution in [0.1, 0.15) is 36.1 Å². The maximum atomic E-state index is 12.0. The molecule has 4 heteroatoms. The van der Waals surface area contributed by atoms with Gasteiger partial charge in [0.2, 0.25) is 5.91 Å². The van der Waals surface area contributed by atoms with Crippen molar-refractivity contribution in [3.05, 3.63) is 34.4 Å². The number of rotatable bonds is 5. The molecule has 4 nitrogen and oxygen atoms in total. The number of carboxylic acid groups (broad SMARTS) is 1. The number of carboxylic acids is 1. The zero-order chi connectivity index (χ0) is 15.4. The smallest absolute Gasteiger partial charge is 0.308 e. The van der Waals surface area contributed by atoms with Gasteiger partial charge in [-0.3, -0.25) is 9.59 Å². The summed E-state index contributed by atoms with van der Waals surface area (Å²) in [6.45, 7) is 9.32. The second-order valence-corrected chi connectivity index (χ2v) is 5.54. The fourth-order valence-electron chi connectivity index (χ4n) is 2.29. The lowest BCUT2D eigenvalue weighted by Crippen LogP contribution is -2.40. The van der Waals surface area contributed by atoms with Crippen molar-refractivity contribution in [1.82, 2.24) is 5.32 Å². The lowest BCUT2D eigenvalue weighted by Gasteiger charge is -2.18. The molecule has 0 saturated heterocycles. The van der Waals surface area contributed by atoms with Crippen LogP contribution in [0.15, 0.2) is 12.1 Å². The van der Waals surface area contributed by atoms with E-state index < -0.39 is 11.9 Å². The fraction of sp³-hybridized carbons (Fsp3) is 0.500. The van der Waals surface area contributed by atoms with E-state index in [-0.39, 0.29) is 18.4 Å². The first-order valence-electron chi connectivity index (χ1n) is 6.81. The number of carbonyl (C=O) groups excluding carboxylic acids is 1. The molecule has 0 radical (unpaired) electrons. The summed E-state index contributed by atoms with van der Waals surface area (Å²) in [6.07, 6.45) is 0.286. The van der Waals surface area contributed by atoms with Gasteiger partial charge in [-0.2, -0.15) is 0 Å². The SMILES string of the molecule is Cc1cc(C)c(CC(=O)NC(C)C(C)C(=O)O)c(C)c1. The lowest BCUT2D eigenvalue weighted by atomic mass is 9.96. The molecule has 1 aromatic carbocycles. The predicted octanol–water partition coefficient (Wildman–Crippen LogP) is 2.38. The van der Waals surface area contributed by atoms with Crippen molar-refractivity contribution < 1.29 is 14.7 Å². The van der Waals surface area contributed by atoms with E-state index in [2.05, 4.69) is 17.4 Å². The van der Waals surface area contributed by atoms with Crippen LogP contribution in [-0.4, -0.2) is 23.0 Å². The minimum Gasteiger partial charge on any atom is -0.481 e. The molecule has 0 spiro atoms. The Labute approximate surface area is 120 Å². The van der Waals surface area contributed by atoms with Gasteiger partial charge < -0.3 is 10.4 Å². The summed E-state index contributed by atoms with van der Waals surface area (Å²) in [5, 5.41) is 11.7. The van der Waals surface area contributed by atoms with E-state index in [1.165, 1.54) is 5.56 Å². The predicted molar refractivity (Wildman–Crippen MR) is 78.8 cm³/mol. The topological polar surface area (TPSA) is 66.4 Å². The molecule has 20 heavy (non-hydrogen) atoms. The molecule has 0 fully saturated rings. The van der Waals surface area contributed by atoms with Crippen molar-refractivity contribution in [2.45, 2.75) is 47.1 Å². The molecule has 0 aromatic heterocycles. The van der Waals surface area contributed by atoms with E-state index in [9.17, 15) is 9.59 Å². The molecule has 0 aliphatic heterocycles. The average molecular weight is 277 g/mol. The summed E-state index contributed by atoms with van der Waals surface area (Å²) < 4.78 is 0. The fourth-order valence-corrected chi connectivity index (χ4v) is 2.29. The number of aliphatic carboxylic acids is 1. The monoisotopic (exact) mass is 277 g/mol. The Kier molecular flexibility index (Phi) is 5.31. The molecule has 110 valence electrons. The molecule has 0 heterocycles. The average Bonchev–Trinajstić information content (AvgIpc) is 2.32. The minimum atomic E-state index is -0.902. The largest absolute Gasteiger partial charge is 0.481 e. The molecule has 1 amide bonds. The highest BCUT2D eigenvalue weighted by molar-refractivity contribution is 5.80. The summed E-state index contributed by atoms with van der Waals surface area (Å²) in [4.78, 5) is 22.9. The first-order valence-corrected chi connectivity index (χ1v) is 6.81. The van der Waals surface area contributed by atoms with Crippen molar-refractivity contribution >= 4 is 11.9 Å². The zero-order valence-corrected chi connectivity index (χ0v) is 12.8. The third kappa shape index (κ3) is 4.08. The van der Waals surface area contributed by atoms with Crippen LogP contribution in [0.2, 0.25) is 0 Å². The molecule has 2 unspecified atom stereocenters. The van der Waals surface area contributed by atoms with Gasteiger partial charge in [0.05, 0.1) is 12.3 Å². The minimum absolute atomic E-state index is 0.138. The van der Waals surface area contributed by atoms with Gasteiger partial charge in [0, 0.05) is 6.04 Å². The Bertz CT molecular complexity index is 499. The Morgan fingerprint density at radius 1 is 1.15 bits per heavy atom. The molecule has 1 aromatic rings. The van der Waals surface area contributed by atoms with Gasteiger partial charge in [0.25, 0.3) is 0 Å². The van der Waals surface area contributed by atoms with Crippen LogP contribution in [0.4, 0.5) is 0 Å². The first kappa shape index (κ1) is 16.2. The first-order chi connectivity index (χ1) is 9.22. The highest BCUT2D eigenvalue weighted by Gasteiger charge is 2.21. The Hall–Kier alpha value is -1.84. The van der Waals surface area contributed by atoms with Crippen molar-refractivity contribution in [3.63, 3.8) is 0 Å². The van der Waals surface area contributed by atoms with Gasteiger partial charge in [-0.1, -0.05) is 17.7 Å². The Morgan fingerprint density at radius 3 is 2.10 bits per heavy atom. The van der Waals surface area contributed by atoms with Gasteiger partial charge in [-0.05, 0) is 51.3 Å². The van der Waals surface area contributed by atoms with Crippen LogP contribution in [-0.2, 0) is 16.0 Å². The van der Waals surface area contributed by atoms with Crippen LogP contribution in [0.3, 0.4) is 0 Å². The normalized spacial score (nSPS) is 13.7. The van der Waals surface area contributed by atoms with Crippen LogP contribution in [0, 0.1) is 26.7 Å². The van der Waals surface area contributed by atoms with Gasteiger partial charge in [-0.25, -0.2) is 0 Å². The van der Waals surface area contributed by atoms with Gasteiger partial charge in [0.15, 0.2) is 0 Å². The van der Waals surface area contributed by atoms with Gasteiger partial charge in [0.1, 0.15) is 0 Å². The number of carbonyl (C=O) groups is 2. The maximum absolute atomic E-state index is 12.0. The summed E-state index contributed by atoms with van der Waals surface area (Å²) >= 11 is 0. The Morgan fingerprint density at radius 2 is 1.65 bits per heavy atom. The maximum Gasteiger partial charge on any atom is 0.308 e. The number of nitrogens with one attached hydrogen (secondary N) is 1. The quantitative estimate of drug-likeness (QED) is 0.868. The van der Waals surface area contributed by atoms with Crippen molar-refractivity contribution in [2.24, 2.45) is 5.92 Å². The lowest BCUT2D eigenvalue weighted by molar-refractivity contribution is -0.142. The molecule has 0 bridgehead atoms. The van der Waals surface area contributed by atoms with Crippen LogP contribution in [0.25, 0.3) is 0 Å². The standard InChI is InChI=1S/C16H23NO3/c1-9-6-10(2)14(11(3)7-9)8-15(18)17-13(5)12(4)16(19)20/h6-7,12-13H,8H2,1-5H3,(H,17,18)(H,19,20). The summed E-state index contributed by atoms with van der Waals surface area (Å²) in [7, 11) is 0. The highest BCUT2D eigenvalue weighted by Crippen LogP contribution is 2.17. The second-order valence-electron chi connectivity index (χ2n) is 5.54. The summed E-state index contributed by atoms with van der Waals surface area (Å²) in [5.41, 5.74) is 4.38. The molecule has 0 aliphatic rings. The molecule has 2 atom stereocenters. The van der Waals surface area contributed by atoms with E-state index in [1.807, 2.05) is 20.8 Å². The van der Waals surface area contributed by atoms with Gasteiger partial charge in [-0.15, -0.1) is 0 Å². The van der Waals surface area contributed by atoms with Gasteiger partial charge >= 0.3 is 5.97 Å². The Balaban J connectivity index is 2.75.